The zero-order valence-corrected chi connectivity index (χ0v) is 13.1. The minimum Gasteiger partial charge on any atom is -0.351 e. The van der Waals surface area contributed by atoms with Crippen molar-refractivity contribution in [3.05, 3.63) is 43.1 Å². The fourth-order valence-corrected chi connectivity index (χ4v) is 3.24. The third-order valence-corrected chi connectivity index (χ3v) is 4.56. The summed E-state index contributed by atoms with van der Waals surface area (Å²) in [5.74, 6) is -2.20. The summed E-state index contributed by atoms with van der Waals surface area (Å²) < 4.78 is 27.8. The molecule has 0 aliphatic heterocycles. The van der Waals surface area contributed by atoms with Gasteiger partial charge in [-0.05, 0) is 12.1 Å². The maximum atomic E-state index is 12.9. The van der Waals surface area contributed by atoms with Crippen LogP contribution in [0.2, 0.25) is 0 Å². The summed E-state index contributed by atoms with van der Waals surface area (Å²) in [6.07, 6.45) is 8.88. The molecule has 0 unspecified atom stereocenters. The number of anilines is 1. The van der Waals surface area contributed by atoms with Crippen molar-refractivity contribution in [1.29, 1.82) is 0 Å². The van der Waals surface area contributed by atoms with Crippen molar-refractivity contribution in [2.75, 3.05) is 5.32 Å². The van der Waals surface area contributed by atoms with Gasteiger partial charge in [-0.2, -0.15) is 4.98 Å². The highest BCUT2D eigenvalue weighted by Crippen LogP contribution is 2.38. The van der Waals surface area contributed by atoms with Crippen LogP contribution in [0.1, 0.15) is 12.8 Å². The molecule has 1 fully saturated rings. The molecule has 0 amide bonds. The molecule has 4 heterocycles. The largest absolute Gasteiger partial charge is 0.351 e. The van der Waals surface area contributed by atoms with Crippen molar-refractivity contribution in [1.82, 2.24) is 24.3 Å². The highest BCUT2D eigenvalue weighted by Gasteiger charge is 2.45. The van der Waals surface area contributed by atoms with Crippen molar-refractivity contribution in [3.8, 4) is 11.1 Å². The van der Waals surface area contributed by atoms with E-state index in [0.29, 0.717) is 11.6 Å². The fraction of sp³-hybridized carbons (Fsp3) is 0.235. The van der Waals surface area contributed by atoms with Gasteiger partial charge in [0.15, 0.2) is 0 Å². The molecule has 4 aromatic rings. The molecule has 0 radical (unpaired) electrons. The van der Waals surface area contributed by atoms with Crippen molar-refractivity contribution in [3.63, 3.8) is 0 Å². The molecule has 126 valence electrons. The standard InChI is InChI=1S/C17H14F2N6/c18-17(19)5-11(6-17)23-16-22-8-13-12(7-21-15(13)24-16)10-1-2-14-20-3-4-25(14)9-10/h1-4,7-9,11H,5-6H2,(H2,21,22,23,24). The van der Waals surface area contributed by atoms with E-state index < -0.39 is 5.92 Å². The molecule has 1 aliphatic rings. The lowest BCUT2D eigenvalue weighted by Crippen LogP contribution is -2.44. The number of aromatic amines is 1. The summed E-state index contributed by atoms with van der Waals surface area (Å²) in [5.41, 5.74) is 3.54. The molecule has 8 heteroatoms. The van der Waals surface area contributed by atoms with Gasteiger partial charge in [0, 0.05) is 66.4 Å². The number of alkyl halides is 2. The maximum Gasteiger partial charge on any atom is 0.252 e. The van der Waals surface area contributed by atoms with E-state index >= 15 is 0 Å². The number of fused-ring (bicyclic) bond motifs is 2. The van der Waals surface area contributed by atoms with Gasteiger partial charge in [0.05, 0.1) is 0 Å². The average molecular weight is 340 g/mol. The molecule has 6 nitrogen and oxygen atoms in total. The first-order chi connectivity index (χ1) is 12.1. The van der Waals surface area contributed by atoms with Crippen molar-refractivity contribution < 1.29 is 8.78 Å². The summed E-state index contributed by atoms with van der Waals surface area (Å²) in [4.78, 5) is 16.0. The highest BCUT2D eigenvalue weighted by molar-refractivity contribution is 5.93. The number of pyridine rings is 1. The lowest BCUT2D eigenvalue weighted by Gasteiger charge is -2.35. The Bertz CT molecular complexity index is 1080. The molecule has 0 atom stereocenters. The van der Waals surface area contributed by atoms with Gasteiger partial charge >= 0.3 is 0 Å². The van der Waals surface area contributed by atoms with Crippen LogP contribution in [0.15, 0.2) is 43.1 Å². The number of hydrogen-bond donors (Lipinski definition) is 2. The van der Waals surface area contributed by atoms with Gasteiger partial charge in [0.2, 0.25) is 5.95 Å². The Morgan fingerprint density at radius 2 is 2.12 bits per heavy atom. The molecule has 0 bridgehead atoms. The van der Waals surface area contributed by atoms with Gasteiger partial charge in [0.1, 0.15) is 11.3 Å². The predicted octanol–water partition coefficient (Wildman–Crippen LogP) is 3.48. The zero-order valence-electron chi connectivity index (χ0n) is 13.1. The Kier molecular flexibility index (Phi) is 2.85. The van der Waals surface area contributed by atoms with E-state index in [2.05, 4.69) is 25.3 Å². The lowest BCUT2D eigenvalue weighted by molar-refractivity contribution is -0.0794. The van der Waals surface area contributed by atoms with Gasteiger partial charge in [-0.1, -0.05) is 0 Å². The topological polar surface area (TPSA) is 70.9 Å². The van der Waals surface area contributed by atoms with E-state index in [4.69, 9.17) is 0 Å². The quantitative estimate of drug-likeness (QED) is 0.599. The third-order valence-electron chi connectivity index (χ3n) is 4.56. The Labute approximate surface area is 140 Å². The van der Waals surface area contributed by atoms with Crippen LogP contribution in [0.5, 0.6) is 0 Å². The van der Waals surface area contributed by atoms with Crippen molar-refractivity contribution in [2.24, 2.45) is 0 Å². The van der Waals surface area contributed by atoms with Crippen molar-refractivity contribution in [2.45, 2.75) is 24.8 Å². The van der Waals surface area contributed by atoms with Crippen LogP contribution >= 0.6 is 0 Å². The second-order valence-corrected chi connectivity index (χ2v) is 6.37. The SMILES string of the molecule is FC1(F)CC(Nc2ncc3c(-c4ccc5nccn5c4)c[nH]c3n2)C1. The summed E-state index contributed by atoms with van der Waals surface area (Å²) in [6.45, 7) is 0. The monoisotopic (exact) mass is 340 g/mol. The molecule has 0 spiro atoms. The minimum atomic E-state index is -2.56. The van der Waals surface area contributed by atoms with Crippen LogP contribution in [0.25, 0.3) is 27.8 Å². The second kappa shape index (κ2) is 4.98. The molecule has 0 saturated heterocycles. The molecule has 2 N–H and O–H groups in total. The highest BCUT2D eigenvalue weighted by atomic mass is 19.3. The number of aromatic nitrogens is 5. The van der Waals surface area contributed by atoms with Crippen molar-refractivity contribution >= 4 is 22.6 Å². The normalized spacial score (nSPS) is 17.0. The maximum absolute atomic E-state index is 12.9. The van der Waals surface area contributed by atoms with Gasteiger partial charge in [-0.3, -0.25) is 0 Å². The molecular formula is C17H14F2N6. The number of nitrogens with one attached hydrogen (secondary N) is 2. The first-order valence-corrected chi connectivity index (χ1v) is 7.99. The number of halogens is 2. The molecule has 4 aromatic heterocycles. The third kappa shape index (κ3) is 2.41. The molecule has 25 heavy (non-hydrogen) atoms. The van der Waals surface area contributed by atoms with Crippen LogP contribution < -0.4 is 5.32 Å². The molecule has 1 aliphatic carbocycles. The van der Waals surface area contributed by atoms with E-state index in [1.165, 1.54) is 0 Å². The van der Waals surface area contributed by atoms with E-state index in [0.717, 1.165) is 22.2 Å². The average Bonchev–Trinajstić information content (AvgIpc) is 3.18. The number of H-pyrrole nitrogens is 1. The smallest absolute Gasteiger partial charge is 0.252 e. The van der Waals surface area contributed by atoms with Gasteiger partial charge in [-0.15, -0.1) is 0 Å². The minimum absolute atomic E-state index is 0.171. The summed E-state index contributed by atoms with van der Waals surface area (Å²) in [6, 6.07) is 3.67. The Balaban J connectivity index is 1.46. The first-order valence-electron chi connectivity index (χ1n) is 7.99. The lowest BCUT2D eigenvalue weighted by atomic mass is 9.88. The van der Waals surface area contributed by atoms with Crippen LogP contribution in [0.3, 0.4) is 0 Å². The molecule has 1 saturated carbocycles. The van der Waals surface area contributed by atoms with Crippen LogP contribution in [0, 0.1) is 0 Å². The van der Waals surface area contributed by atoms with Gasteiger partial charge in [-0.25, -0.2) is 18.7 Å². The van der Waals surface area contributed by atoms with Gasteiger partial charge < -0.3 is 14.7 Å². The van der Waals surface area contributed by atoms with Crippen LogP contribution in [-0.2, 0) is 0 Å². The van der Waals surface area contributed by atoms with Gasteiger partial charge in [0.25, 0.3) is 5.92 Å². The number of hydrogen-bond acceptors (Lipinski definition) is 4. The van der Waals surface area contributed by atoms with E-state index in [1.807, 2.05) is 35.1 Å². The van der Waals surface area contributed by atoms with E-state index in [9.17, 15) is 8.78 Å². The fourth-order valence-electron chi connectivity index (χ4n) is 3.24. The number of imidazole rings is 1. The Morgan fingerprint density at radius 1 is 1.24 bits per heavy atom. The predicted molar refractivity (Wildman–Crippen MR) is 89.7 cm³/mol. The van der Waals surface area contributed by atoms with Crippen LogP contribution in [0.4, 0.5) is 14.7 Å². The van der Waals surface area contributed by atoms with E-state index in [-0.39, 0.29) is 18.9 Å². The summed E-state index contributed by atoms with van der Waals surface area (Å²) >= 11 is 0. The Hall–Kier alpha value is -3.03. The summed E-state index contributed by atoms with van der Waals surface area (Å²) in [7, 11) is 0. The second-order valence-electron chi connectivity index (χ2n) is 6.37. The number of nitrogens with zero attached hydrogens (tertiary/aromatic N) is 4. The molecule has 0 aromatic carbocycles. The molecular weight excluding hydrogens is 326 g/mol. The first kappa shape index (κ1) is 14.3. The number of rotatable bonds is 3. The van der Waals surface area contributed by atoms with Crippen LogP contribution in [-0.4, -0.2) is 36.3 Å². The summed E-state index contributed by atoms with van der Waals surface area (Å²) in [5, 5.41) is 3.84. The molecule has 5 rings (SSSR count). The zero-order chi connectivity index (χ0) is 17.0. The van der Waals surface area contributed by atoms with E-state index in [1.54, 1.807) is 12.4 Å². The Morgan fingerprint density at radius 3 is 2.96 bits per heavy atom.